The van der Waals surface area contributed by atoms with Gasteiger partial charge in [0.15, 0.2) is 14.4 Å². The van der Waals surface area contributed by atoms with Crippen molar-refractivity contribution < 1.29 is 54.7 Å². The van der Waals surface area contributed by atoms with Crippen LogP contribution in [0.3, 0.4) is 0 Å². The van der Waals surface area contributed by atoms with Crippen LogP contribution in [0.15, 0.2) is 30.3 Å². The molecule has 0 spiro atoms. The second-order valence-electron chi connectivity index (χ2n) is 9.71. The molecule has 1 saturated heterocycles. The molecule has 1 aromatic carbocycles. The van der Waals surface area contributed by atoms with Gasteiger partial charge in [0, 0.05) is 0 Å². The third kappa shape index (κ3) is 7.24. The van der Waals surface area contributed by atoms with Gasteiger partial charge in [-0.3, -0.25) is 0 Å². The molecule has 1 aliphatic heterocycles. The van der Waals surface area contributed by atoms with E-state index in [0.717, 1.165) is 0 Å². The van der Waals surface area contributed by atoms with E-state index in [9.17, 15) is 36.6 Å². The van der Waals surface area contributed by atoms with Crippen LogP contribution in [0.5, 0.6) is 0 Å². The lowest BCUT2D eigenvalue weighted by Crippen LogP contribution is -2.62. The molecular weight excluding hydrogens is 513 g/mol. The molecule has 0 bridgehead atoms. The zero-order valence-corrected chi connectivity index (χ0v) is 21.8. The Morgan fingerprint density at radius 3 is 2.23 bits per heavy atom. The van der Waals surface area contributed by atoms with E-state index in [-0.39, 0.29) is 18.3 Å². The van der Waals surface area contributed by atoms with Crippen LogP contribution < -0.4 is 0 Å². The number of alkyl halides is 3. The summed E-state index contributed by atoms with van der Waals surface area (Å²) in [6.45, 7) is 9.21. The number of aliphatic hydroxyl groups excluding tert-OH is 2. The summed E-state index contributed by atoms with van der Waals surface area (Å²) in [5.41, 5.74) is -5.23. The van der Waals surface area contributed by atoms with Gasteiger partial charge in [-0.25, -0.2) is 8.98 Å². The van der Waals surface area contributed by atoms with Crippen LogP contribution >= 0.6 is 0 Å². The third-order valence-corrected chi connectivity index (χ3v) is 11.6. The number of halogens is 3. The topological polar surface area (TPSA) is 129 Å². The van der Waals surface area contributed by atoms with Crippen molar-refractivity contribution >= 4 is 24.4 Å². The van der Waals surface area contributed by atoms with Crippen molar-refractivity contribution in [3.63, 3.8) is 0 Å². The van der Waals surface area contributed by atoms with Gasteiger partial charge in [0.1, 0.15) is 18.3 Å². The zero-order chi connectivity index (χ0) is 26.8. The Labute approximate surface area is 203 Å². The number of hydrogen-bond acceptors (Lipinski definition) is 9. The molecule has 1 aliphatic rings. The van der Waals surface area contributed by atoms with E-state index in [4.69, 9.17) is 13.9 Å². The Kier molecular flexibility index (Phi) is 9.18. The van der Waals surface area contributed by atoms with Crippen LogP contribution in [0, 0.1) is 0 Å². The molecule has 5 atom stereocenters. The van der Waals surface area contributed by atoms with Crippen molar-refractivity contribution in [1.29, 1.82) is 0 Å². The summed E-state index contributed by atoms with van der Waals surface area (Å²) in [5.74, 6) is -1.60. The second-order valence-corrected chi connectivity index (χ2v) is 16.1. The standard InChI is InChI=1S/C21H31F3O9SSi/c1-20(2,3)35(4,5)31-12-14(25)16-17(30-11-13-9-7-6-8-10-13)15(26)18(19(27)32-16)33-34(28,29)21(22,23)24/h6-10,14-18,25-26H,11-12H2,1-5H3/t14-,15-,16-,17-,18-/m1/s1. The number of ether oxygens (including phenoxy) is 2. The molecule has 14 heteroatoms. The van der Waals surface area contributed by atoms with E-state index in [1.165, 1.54) is 0 Å². The first-order chi connectivity index (χ1) is 15.9. The van der Waals surface area contributed by atoms with Crippen molar-refractivity contribution in [1.82, 2.24) is 0 Å². The summed E-state index contributed by atoms with van der Waals surface area (Å²) in [5, 5.41) is 21.2. The first kappa shape index (κ1) is 29.7. The summed E-state index contributed by atoms with van der Waals surface area (Å²) < 4.78 is 81.8. The number of hydrogen-bond donors (Lipinski definition) is 2. The summed E-state index contributed by atoms with van der Waals surface area (Å²) in [6.07, 6.45) is -9.49. The van der Waals surface area contributed by atoms with E-state index in [1.54, 1.807) is 30.3 Å². The fraction of sp³-hybridized carbons (Fsp3) is 0.667. The zero-order valence-electron chi connectivity index (χ0n) is 20.0. The van der Waals surface area contributed by atoms with Crippen molar-refractivity contribution in [3.05, 3.63) is 35.9 Å². The van der Waals surface area contributed by atoms with Crippen LogP contribution in [0.2, 0.25) is 18.1 Å². The normalized spacial score (nSPS) is 25.3. The maximum Gasteiger partial charge on any atom is 0.523 e. The van der Waals surface area contributed by atoms with Gasteiger partial charge in [-0.15, -0.1) is 0 Å². The molecule has 0 unspecified atom stereocenters. The molecular formula is C21H31F3O9SSi. The molecule has 200 valence electrons. The van der Waals surface area contributed by atoms with E-state index in [0.29, 0.717) is 5.56 Å². The first-order valence-corrected chi connectivity index (χ1v) is 15.0. The molecule has 0 radical (unpaired) electrons. The lowest BCUT2D eigenvalue weighted by atomic mass is 9.96. The predicted molar refractivity (Wildman–Crippen MR) is 120 cm³/mol. The Morgan fingerprint density at radius 2 is 1.71 bits per heavy atom. The van der Waals surface area contributed by atoms with Gasteiger partial charge < -0.3 is 24.1 Å². The maximum absolute atomic E-state index is 12.8. The van der Waals surface area contributed by atoms with Crippen molar-refractivity contribution in [3.8, 4) is 0 Å². The molecule has 2 rings (SSSR count). The fourth-order valence-corrected chi connectivity index (χ4v) is 4.52. The van der Waals surface area contributed by atoms with E-state index >= 15 is 0 Å². The number of aliphatic hydroxyl groups is 2. The first-order valence-electron chi connectivity index (χ1n) is 10.7. The molecule has 0 saturated carbocycles. The number of esters is 1. The largest absolute Gasteiger partial charge is 0.523 e. The summed E-state index contributed by atoms with van der Waals surface area (Å²) >= 11 is 0. The molecule has 9 nitrogen and oxygen atoms in total. The van der Waals surface area contributed by atoms with Crippen LogP contribution in [0.1, 0.15) is 26.3 Å². The lowest BCUT2D eigenvalue weighted by molar-refractivity contribution is -0.225. The number of benzene rings is 1. The van der Waals surface area contributed by atoms with Gasteiger partial charge in [0.05, 0.1) is 13.2 Å². The highest BCUT2D eigenvalue weighted by molar-refractivity contribution is 7.87. The van der Waals surface area contributed by atoms with Crippen molar-refractivity contribution in [2.24, 2.45) is 0 Å². The second kappa shape index (κ2) is 10.8. The molecule has 1 fully saturated rings. The highest BCUT2D eigenvalue weighted by atomic mass is 32.2. The molecule has 0 aliphatic carbocycles. The minimum absolute atomic E-state index is 0.189. The Hall–Kier alpha value is -1.55. The van der Waals surface area contributed by atoms with Gasteiger partial charge in [0.25, 0.3) is 0 Å². The molecule has 2 N–H and O–H groups in total. The molecule has 0 amide bonds. The Morgan fingerprint density at radius 1 is 1.14 bits per heavy atom. The maximum atomic E-state index is 12.8. The number of carbonyl (C=O) groups excluding carboxylic acids is 1. The van der Waals surface area contributed by atoms with Gasteiger partial charge >= 0.3 is 21.6 Å². The minimum atomic E-state index is -6.24. The van der Waals surface area contributed by atoms with Gasteiger partial charge in [-0.1, -0.05) is 51.1 Å². The molecule has 0 aromatic heterocycles. The van der Waals surface area contributed by atoms with E-state index in [2.05, 4.69) is 4.18 Å². The number of rotatable bonds is 9. The monoisotopic (exact) mass is 544 g/mol. The van der Waals surface area contributed by atoms with Gasteiger partial charge in [-0.2, -0.15) is 21.6 Å². The molecule has 1 heterocycles. The van der Waals surface area contributed by atoms with Crippen LogP contribution in [0.25, 0.3) is 0 Å². The van der Waals surface area contributed by atoms with E-state index < -0.39 is 60.4 Å². The van der Waals surface area contributed by atoms with Gasteiger partial charge in [-0.05, 0) is 23.7 Å². The van der Waals surface area contributed by atoms with Gasteiger partial charge in [0.2, 0.25) is 6.10 Å². The average Bonchev–Trinajstić information content (AvgIpc) is 2.73. The SMILES string of the molecule is CC(C)(C)[Si](C)(C)OC[C@@H](O)[C@H]1OC(=O)[C@H](OS(=O)(=O)C(F)(F)F)[C@H](O)[C@H]1OCc1ccccc1. The third-order valence-electron chi connectivity index (χ3n) is 6.05. The van der Waals surface area contributed by atoms with Crippen molar-refractivity contribution in [2.75, 3.05) is 6.61 Å². The summed E-state index contributed by atoms with van der Waals surface area (Å²) in [4.78, 5) is 12.4. The smallest absolute Gasteiger partial charge is 0.455 e. The quantitative estimate of drug-likeness (QED) is 0.209. The minimum Gasteiger partial charge on any atom is -0.455 e. The summed E-state index contributed by atoms with van der Waals surface area (Å²) in [6, 6.07) is 8.44. The average molecular weight is 545 g/mol. The predicted octanol–water partition coefficient (Wildman–Crippen LogP) is 2.48. The van der Waals surface area contributed by atoms with Crippen molar-refractivity contribution in [2.45, 2.75) is 81.5 Å². The number of cyclic esters (lactones) is 1. The van der Waals surface area contributed by atoms with E-state index in [1.807, 2.05) is 33.9 Å². The number of carbonyl (C=O) groups is 1. The fourth-order valence-electron chi connectivity index (χ4n) is 2.92. The lowest BCUT2D eigenvalue weighted by Gasteiger charge is -2.41. The highest BCUT2D eigenvalue weighted by Gasteiger charge is 2.56. The van der Waals surface area contributed by atoms with Crippen LogP contribution in [-0.2, 0) is 39.6 Å². The Bertz CT molecular complexity index is 964. The Balaban J connectivity index is 2.28. The summed E-state index contributed by atoms with van der Waals surface area (Å²) in [7, 11) is -8.59. The highest BCUT2D eigenvalue weighted by Crippen LogP contribution is 2.37. The molecule has 35 heavy (non-hydrogen) atoms. The van der Waals surface area contributed by atoms with Crippen LogP contribution in [0.4, 0.5) is 13.2 Å². The van der Waals surface area contributed by atoms with Crippen LogP contribution in [-0.4, -0.2) is 75.6 Å². The molecule has 1 aromatic rings.